The van der Waals surface area contributed by atoms with Crippen LogP contribution in [0.4, 0.5) is 11.4 Å². The minimum atomic E-state index is -0.557. The summed E-state index contributed by atoms with van der Waals surface area (Å²) in [5, 5.41) is 13.6. The Morgan fingerprint density at radius 1 is 1.55 bits per heavy atom. The maximum Gasteiger partial charge on any atom is 0.270 e. The van der Waals surface area contributed by atoms with Crippen LogP contribution in [0.1, 0.15) is 23.7 Å². The van der Waals surface area contributed by atoms with E-state index in [9.17, 15) is 14.9 Å². The number of hydrogen-bond donors (Lipinski definition) is 3. The molecule has 1 aliphatic heterocycles. The topological polar surface area (TPSA) is 120 Å². The minimum absolute atomic E-state index is 0.0769. The van der Waals surface area contributed by atoms with Gasteiger partial charge in [-0.05, 0) is 19.4 Å². The van der Waals surface area contributed by atoms with Crippen molar-refractivity contribution in [1.29, 1.82) is 0 Å². The lowest BCUT2D eigenvalue weighted by Gasteiger charge is -2.17. The number of carbonyl (C=O) groups excluding carboxylic acids is 1. The number of non-ortho nitro benzene ring substituents is 1. The first-order valence-electron chi connectivity index (χ1n) is 6.20. The van der Waals surface area contributed by atoms with Crippen molar-refractivity contribution in [1.82, 2.24) is 5.32 Å². The number of nitro benzene ring substituents is 1. The molecule has 0 aliphatic carbocycles. The van der Waals surface area contributed by atoms with Gasteiger partial charge in [0, 0.05) is 18.7 Å². The molecule has 2 unspecified atom stereocenters. The number of nitrogens with one attached hydrogen (secondary N) is 2. The third kappa shape index (κ3) is 2.86. The maximum absolute atomic E-state index is 12.2. The first kappa shape index (κ1) is 14.2. The second-order valence-corrected chi connectivity index (χ2v) is 4.58. The summed E-state index contributed by atoms with van der Waals surface area (Å²) in [6, 6.07) is 3.78. The van der Waals surface area contributed by atoms with Gasteiger partial charge in [-0.1, -0.05) is 0 Å². The van der Waals surface area contributed by atoms with Gasteiger partial charge in [0.15, 0.2) is 0 Å². The Kier molecular flexibility index (Phi) is 4.16. The zero-order valence-corrected chi connectivity index (χ0v) is 11.0. The number of rotatable bonds is 4. The lowest BCUT2D eigenvalue weighted by Crippen LogP contribution is -2.39. The Morgan fingerprint density at radius 3 is 2.85 bits per heavy atom. The van der Waals surface area contributed by atoms with Gasteiger partial charge in [-0.2, -0.15) is 0 Å². The third-order valence-electron chi connectivity index (χ3n) is 3.31. The molecule has 20 heavy (non-hydrogen) atoms. The fraction of sp³-hybridized carbons (Fsp3) is 0.417. The van der Waals surface area contributed by atoms with Crippen LogP contribution in [0.25, 0.3) is 0 Å². The van der Waals surface area contributed by atoms with Gasteiger partial charge >= 0.3 is 0 Å². The number of nitro groups is 1. The second kappa shape index (κ2) is 5.85. The summed E-state index contributed by atoms with van der Waals surface area (Å²) in [4.78, 5) is 22.4. The molecular weight excluding hydrogens is 264 g/mol. The summed E-state index contributed by atoms with van der Waals surface area (Å²) < 4.78 is 5.36. The van der Waals surface area contributed by atoms with Gasteiger partial charge in [0.2, 0.25) is 0 Å². The van der Waals surface area contributed by atoms with Crippen LogP contribution in [-0.4, -0.2) is 29.6 Å². The highest BCUT2D eigenvalue weighted by atomic mass is 16.6. The highest BCUT2D eigenvalue weighted by Gasteiger charge is 2.27. The Bertz CT molecular complexity index is 534. The van der Waals surface area contributed by atoms with Crippen LogP contribution in [-0.2, 0) is 4.74 Å². The van der Waals surface area contributed by atoms with Crippen molar-refractivity contribution >= 4 is 17.3 Å². The molecule has 0 aromatic heterocycles. The Hall–Kier alpha value is -2.19. The van der Waals surface area contributed by atoms with Crippen LogP contribution in [0, 0.1) is 10.1 Å². The predicted octanol–water partition coefficient (Wildman–Crippen LogP) is 0.788. The number of benzene rings is 1. The monoisotopic (exact) mass is 280 g/mol. The van der Waals surface area contributed by atoms with Crippen molar-refractivity contribution in [2.45, 2.75) is 25.5 Å². The lowest BCUT2D eigenvalue weighted by molar-refractivity contribution is -0.384. The number of ether oxygens (including phenoxy) is 1. The van der Waals surface area contributed by atoms with E-state index in [1.807, 2.05) is 6.92 Å². The molecule has 1 aromatic rings. The minimum Gasteiger partial charge on any atom is -0.376 e. The van der Waals surface area contributed by atoms with E-state index in [4.69, 9.17) is 10.6 Å². The standard InChI is InChI=1S/C12H16N4O4/c1-7-10(4-5-20-7)14-12(17)9-6-8(16(18)19)2-3-11(9)15-13/h2-3,6-7,10,15H,4-5,13H2,1H3,(H,14,17). The van der Waals surface area contributed by atoms with Crippen molar-refractivity contribution in [2.75, 3.05) is 12.0 Å². The smallest absolute Gasteiger partial charge is 0.270 e. The van der Waals surface area contributed by atoms with Crippen LogP contribution < -0.4 is 16.6 Å². The van der Waals surface area contributed by atoms with E-state index in [1.165, 1.54) is 18.2 Å². The Labute approximate surface area is 115 Å². The van der Waals surface area contributed by atoms with E-state index in [0.717, 1.165) is 0 Å². The molecule has 1 aromatic carbocycles. The average molecular weight is 280 g/mol. The molecule has 1 aliphatic rings. The molecule has 0 bridgehead atoms. The Balaban J connectivity index is 2.23. The van der Waals surface area contributed by atoms with Crippen LogP contribution in [0.15, 0.2) is 18.2 Å². The van der Waals surface area contributed by atoms with Crippen molar-refractivity contribution in [2.24, 2.45) is 5.84 Å². The van der Waals surface area contributed by atoms with Crippen LogP contribution in [0.5, 0.6) is 0 Å². The van der Waals surface area contributed by atoms with Crippen molar-refractivity contribution < 1.29 is 14.5 Å². The average Bonchev–Trinajstić information content (AvgIpc) is 2.83. The fourth-order valence-electron chi connectivity index (χ4n) is 2.13. The van der Waals surface area contributed by atoms with E-state index >= 15 is 0 Å². The van der Waals surface area contributed by atoms with Gasteiger partial charge in [-0.25, -0.2) is 0 Å². The van der Waals surface area contributed by atoms with Crippen molar-refractivity contribution in [3.63, 3.8) is 0 Å². The molecule has 1 saturated heterocycles. The molecule has 8 heteroatoms. The number of nitrogens with zero attached hydrogens (tertiary/aromatic N) is 1. The van der Waals surface area contributed by atoms with Gasteiger partial charge in [0.05, 0.1) is 28.3 Å². The van der Waals surface area contributed by atoms with Gasteiger partial charge in [0.25, 0.3) is 11.6 Å². The SMILES string of the molecule is CC1OCCC1NC(=O)c1cc([N+](=O)[O-])ccc1NN. The summed E-state index contributed by atoms with van der Waals surface area (Å²) in [5.41, 5.74) is 2.67. The molecule has 108 valence electrons. The molecule has 4 N–H and O–H groups in total. The molecule has 1 heterocycles. The molecule has 0 radical (unpaired) electrons. The van der Waals surface area contributed by atoms with E-state index < -0.39 is 10.8 Å². The van der Waals surface area contributed by atoms with E-state index in [1.54, 1.807) is 0 Å². The summed E-state index contributed by atoms with van der Waals surface area (Å²) in [7, 11) is 0. The number of anilines is 1. The Morgan fingerprint density at radius 2 is 2.30 bits per heavy atom. The fourth-order valence-corrected chi connectivity index (χ4v) is 2.13. The van der Waals surface area contributed by atoms with Crippen LogP contribution in [0.3, 0.4) is 0 Å². The lowest BCUT2D eigenvalue weighted by atomic mass is 10.1. The largest absolute Gasteiger partial charge is 0.376 e. The molecule has 2 atom stereocenters. The molecule has 0 spiro atoms. The molecule has 8 nitrogen and oxygen atoms in total. The van der Waals surface area contributed by atoms with Gasteiger partial charge in [0.1, 0.15) is 0 Å². The van der Waals surface area contributed by atoms with Crippen LogP contribution >= 0.6 is 0 Å². The number of hydrogen-bond acceptors (Lipinski definition) is 6. The molecule has 2 rings (SSSR count). The van der Waals surface area contributed by atoms with Gasteiger partial charge in [-0.3, -0.25) is 20.8 Å². The number of carbonyl (C=O) groups is 1. The van der Waals surface area contributed by atoms with Crippen molar-refractivity contribution in [3.05, 3.63) is 33.9 Å². The molecule has 1 fully saturated rings. The zero-order chi connectivity index (χ0) is 14.7. The molecule has 0 saturated carbocycles. The van der Waals surface area contributed by atoms with E-state index in [2.05, 4.69) is 10.7 Å². The summed E-state index contributed by atoms with van der Waals surface area (Å²) in [6.07, 6.45) is 0.639. The quantitative estimate of drug-likeness (QED) is 0.426. The molecular formula is C12H16N4O4. The number of nitrogen functional groups attached to an aromatic ring is 1. The summed E-state index contributed by atoms with van der Waals surface area (Å²) in [6.45, 7) is 2.45. The highest BCUT2D eigenvalue weighted by molar-refractivity contribution is 6.00. The predicted molar refractivity (Wildman–Crippen MR) is 72.2 cm³/mol. The number of hydrazine groups is 1. The normalized spacial score (nSPS) is 21.5. The van der Waals surface area contributed by atoms with Crippen molar-refractivity contribution in [3.8, 4) is 0 Å². The van der Waals surface area contributed by atoms with Gasteiger partial charge in [-0.15, -0.1) is 0 Å². The number of nitrogens with two attached hydrogens (primary N) is 1. The van der Waals surface area contributed by atoms with Gasteiger partial charge < -0.3 is 15.5 Å². The van der Waals surface area contributed by atoms with Crippen LogP contribution in [0.2, 0.25) is 0 Å². The first-order chi connectivity index (χ1) is 9.52. The highest BCUT2D eigenvalue weighted by Crippen LogP contribution is 2.22. The summed E-state index contributed by atoms with van der Waals surface area (Å²) >= 11 is 0. The first-order valence-corrected chi connectivity index (χ1v) is 6.20. The van der Waals surface area contributed by atoms with E-state index in [-0.39, 0.29) is 23.4 Å². The second-order valence-electron chi connectivity index (χ2n) is 4.58. The maximum atomic E-state index is 12.2. The van der Waals surface area contributed by atoms with E-state index in [0.29, 0.717) is 18.7 Å². The zero-order valence-electron chi connectivity index (χ0n) is 11.0. The summed E-state index contributed by atoms with van der Waals surface area (Å²) in [5.74, 6) is 4.91. The number of amides is 1. The molecule has 1 amide bonds. The third-order valence-corrected chi connectivity index (χ3v) is 3.31.